The van der Waals surface area contributed by atoms with Crippen LogP contribution in [0.1, 0.15) is 33.1 Å². The number of carbonyl (C=O) groups excluding carboxylic acids is 1. The molecular weight excluding hydrogens is 196 g/mol. The molecule has 0 rings (SSSR count). The van der Waals surface area contributed by atoms with E-state index < -0.39 is 5.97 Å². The van der Waals surface area contributed by atoms with E-state index in [0.717, 1.165) is 12.8 Å². The molecule has 5 heteroatoms. The lowest BCUT2D eigenvalue weighted by Crippen LogP contribution is -2.40. The number of amides is 1. The maximum atomic E-state index is 11.3. The molecule has 88 valence electrons. The van der Waals surface area contributed by atoms with Crippen LogP contribution in [-0.2, 0) is 9.59 Å². The normalized spacial score (nSPS) is 10.3. The number of carboxylic acids is 1. The molecule has 0 atom stereocenters. The Morgan fingerprint density at radius 3 is 2.33 bits per heavy atom. The minimum Gasteiger partial charge on any atom is -0.481 e. The molecule has 0 aromatic heterocycles. The van der Waals surface area contributed by atoms with E-state index in [2.05, 4.69) is 10.6 Å². The lowest BCUT2D eigenvalue weighted by molar-refractivity contribution is -0.137. The fraction of sp³-hybridized carbons (Fsp3) is 0.800. The molecule has 0 heterocycles. The van der Waals surface area contributed by atoms with Gasteiger partial charge in [-0.3, -0.25) is 9.59 Å². The van der Waals surface area contributed by atoms with Crippen LogP contribution in [0.4, 0.5) is 0 Å². The van der Waals surface area contributed by atoms with Gasteiger partial charge in [0.1, 0.15) is 0 Å². The smallest absolute Gasteiger partial charge is 0.304 e. The second kappa shape index (κ2) is 8.23. The second-order valence-corrected chi connectivity index (χ2v) is 3.40. The van der Waals surface area contributed by atoms with Gasteiger partial charge in [0.15, 0.2) is 0 Å². The van der Waals surface area contributed by atoms with E-state index in [1.807, 2.05) is 13.8 Å². The summed E-state index contributed by atoms with van der Waals surface area (Å²) in [5.74, 6) is -0.933. The van der Waals surface area contributed by atoms with Gasteiger partial charge in [0, 0.05) is 12.6 Å². The molecule has 0 aliphatic heterocycles. The van der Waals surface area contributed by atoms with Crippen molar-refractivity contribution in [1.82, 2.24) is 10.6 Å². The predicted octanol–water partition coefficient (Wildman–Crippen LogP) is 0.355. The first-order valence-corrected chi connectivity index (χ1v) is 5.32. The Hall–Kier alpha value is -1.10. The van der Waals surface area contributed by atoms with Gasteiger partial charge < -0.3 is 15.7 Å². The van der Waals surface area contributed by atoms with Gasteiger partial charge in [0.25, 0.3) is 0 Å². The number of carbonyl (C=O) groups is 2. The van der Waals surface area contributed by atoms with E-state index in [-0.39, 0.29) is 24.9 Å². The van der Waals surface area contributed by atoms with Crippen molar-refractivity contribution in [3.05, 3.63) is 0 Å². The van der Waals surface area contributed by atoms with E-state index in [0.29, 0.717) is 6.54 Å². The van der Waals surface area contributed by atoms with Crippen molar-refractivity contribution in [2.75, 3.05) is 13.1 Å². The first kappa shape index (κ1) is 13.9. The Bertz CT molecular complexity index is 203. The van der Waals surface area contributed by atoms with E-state index in [1.54, 1.807) is 0 Å². The number of hydrogen-bond acceptors (Lipinski definition) is 3. The molecule has 0 saturated carbocycles. The van der Waals surface area contributed by atoms with Crippen molar-refractivity contribution >= 4 is 11.9 Å². The van der Waals surface area contributed by atoms with Crippen LogP contribution in [-0.4, -0.2) is 36.1 Å². The number of nitrogens with one attached hydrogen (secondary N) is 2. The maximum absolute atomic E-state index is 11.3. The molecule has 0 aliphatic rings. The first-order chi connectivity index (χ1) is 7.10. The minimum atomic E-state index is -0.858. The molecule has 0 unspecified atom stereocenters. The van der Waals surface area contributed by atoms with Gasteiger partial charge in [0.2, 0.25) is 5.91 Å². The van der Waals surface area contributed by atoms with Gasteiger partial charge in [-0.2, -0.15) is 0 Å². The molecule has 0 aliphatic carbocycles. The topological polar surface area (TPSA) is 78.4 Å². The average Bonchev–Trinajstić information content (AvgIpc) is 2.20. The number of aliphatic carboxylic acids is 1. The molecule has 0 saturated heterocycles. The molecule has 3 N–H and O–H groups in total. The summed E-state index contributed by atoms with van der Waals surface area (Å²) in [6.45, 7) is 4.55. The summed E-state index contributed by atoms with van der Waals surface area (Å²) in [5.41, 5.74) is 0. The van der Waals surface area contributed by atoms with Crippen LogP contribution in [0.2, 0.25) is 0 Å². The fourth-order valence-electron chi connectivity index (χ4n) is 1.17. The van der Waals surface area contributed by atoms with Crippen LogP contribution in [0.3, 0.4) is 0 Å². The van der Waals surface area contributed by atoms with Crippen LogP contribution in [0, 0.1) is 0 Å². The molecule has 0 aromatic carbocycles. The molecular formula is C10H20N2O3. The van der Waals surface area contributed by atoms with E-state index >= 15 is 0 Å². The van der Waals surface area contributed by atoms with Crippen LogP contribution < -0.4 is 10.6 Å². The highest BCUT2D eigenvalue weighted by atomic mass is 16.4. The van der Waals surface area contributed by atoms with Gasteiger partial charge in [0.05, 0.1) is 13.0 Å². The number of hydrogen-bond donors (Lipinski definition) is 3. The summed E-state index contributed by atoms with van der Waals surface area (Å²) < 4.78 is 0. The van der Waals surface area contributed by atoms with Gasteiger partial charge >= 0.3 is 5.97 Å². The summed E-state index contributed by atoms with van der Waals surface area (Å²) in [4.78, 5) is 21.5. The molecule has 0 bridgehead atoms. The lowest BCUT2D eigenvalue weighted by Gasteiger charge is -2.14. The largest absolute Gasteiger partial charge is 0.481 e. The number of rotatable bonds is 8. The van der Waals surface area contributed by atoms with Crippen LogP contribution in [0.15, 0.2) is 0 Å². The zero-order valence-electron chi connectivity index (χ0n) is 9.38. The minimum absolute atomic E-state index is 0.0399. The number of carboxylic acid groups (broad SMARTS) is 1. The second-order valence-electron chi connectivity index (χ2n) is 3.40. The third kappa shape index (κ3) is 7.93. The lowest BCUT2D eigenvalue weighted by atomic mass is 10.2. The Morgan fingerprint density at radius 1 is 1.27 bits per heavy atom. The zero-order chi connectivity index (χ0) is 11.7. The van der Waals surface area contributed by atoms with E-state index in [1.165, 1.54) is 0 Å². The summed E-state index contributed by atoms with van der Waals surface area (Å²) >= 11 is 0. The van der Waals surface area contributed by atoms with Gasteiger partial charge in [-0.25, -0.2) is 0 Å². The van der Waals surface area contributed by atoms with Crippen LogP contribution in [0.5, 0.6) is 0 Å². The molecule has 0 aromatic rings. The third-order valence-electron chi connectivity index (χ3n) is 2.15. The van der Waals surface area contributed by atoms with Gasteiger partial charge in [-0.1, -0.05) is 13.8 Å². The van der Waals surface area contributed by atoms with E-state index in [9.17, 15) is 9.59 Å². The monoisotopic (exact) mass is 216 g/mol. The van der Waals surface area contributed by atoms with Crippen LogP contribution in [0.25, 0.3) is 0 Å². The molecule has 0 fully saturated rings. The average molecular weight is 216 g/mol. The third-order valence-corrected chi connectivity index (χ3v) is 2.15. The molecule has 1 amide bonds. The van der Waals surface area contributed by atoms with Gasteiger partial charge in [-0.05, 0) is 12.8 Å². The van der Waals surface area contributed by atoms with Crippen molar-refractivity contribution in [3.8, 4) is 0 Å². The maximum Gasteiger partial charge on any atom is 0.304 e. The Morgan fingerprint density at radius 2 is 1.87 bits per heavy atom. The summed E-state index contributed by atoms with van der Waals surface area (Å²) in [6.07, 6.45) is 1.87. The highest BCUT2D eigenvalue weighted by Gasteiger charge is 2.07. The Kier molecular flexibility index (Phi) is 7.62. The zero-order valence-corrected chi connectivity index (χ0v) is 9.38. The summed E-state index contributed by atoms with van der Waals surface area (Å²) in [5, 5.41) is 14.0. The van der Waals surface area contributed by atoms with Crippen molar-refractivity contribution in [2.24, 2.45) is 0 Å². The fourth-order valence-corrected chi connectivity index (χ4v) is 1.17. The highest BCUT2D eigenvalue weighted by molar-refractivity contribution is 5.78. The SMILES string of the molecule is CCC(CC)NC(=O)CNCCC(=O)O. The predicted molar refractivity (Wildman–Crippen MR) is 57.6 cm³/mol. The van der Waals surface area contributed by atoms with Crippen molar-refractivity contribution in [1.29, 1.82) is 0 Å². The molecule has 5 nitrogen and oxygen atoms in total. The summed E-state index contributed by atoms with van der Waals surface area (Å²) in [7, 11) is 0. The molecule has 0 radical (unpaired) electrons. The standard InChI is InChI=1S/C10H20N2O3/c1-3-8(4-2)12-9(13)7-11-6-5-10(14)15/h8,11H,3-7H2,1-2H3,(H,12,13)(H,14,15). The van der Waals surface area contributed by atoms with Crippen molar-refractivity contribution in [2.45, 2.75) is 39.2 Å². The molecule has 15 heavy (non-hydrogen) atoms. The quantitative estimate of drug-likeness (QED) is 0.512. The Balaban J connectivity index is 3.52. The summed E-state index contributed by atoms with van der Waals surface area (Å²) in [6, 6.07) is 0.221. The van der Waals surface area contributed by atoms with Crippen molar-refractivity contribution in [3.63, 3.8) is 0 Å². The van der Waals surface area contributed by atoms with Crippen molar-refractivity contribution < 1.29 is 14.7 Å². The highest BCUT2D eigenvalue weighted by Crippen LogP contribution is 1.94. The molecule has 0 spiro atoms. The first-order valence-electron chi connectivity index (χ1n) is 5.32. The Labute approximate surface area is 90.2 Å². The van der Waals surface area contributed by atoms with E-state index in [4.69, 9.17) is 5.11 Å². The van der Waals surface area contributed by atoms with Gasteiger partial charge in [-0.15, -0.1) is 0 Å². The van der Waals surface area contributed by atoms with Crippen LogP contribution >= 0.6 is 0 Å².